The van der Waals surface area contributed by atoms with Crippen molar-refractivity contribution in [3.8, 4) is 0 Å². The van der Waals surface area contributed by atoms with Gasteiger partial charge in [0.2, 0.25) is 0 Å². The number of nitrogens with zero attached hydrogens (tertiary/aromatic N) is 2. The second-order valence-corrected chi connectivity index (χ2v) is 5.08. The predicted molar refractivity (Wildman–Crippen MR) is 55.7 cm³/mol. The molecule has 1 heterocycles. The number of amidine groups is 1. The number of rotatable bonds is 2. The Bertz CT molecular complexity index is 340. The molecule has 3 nitrogen and oxygen atoms in total. The average Bonchev–Trinajstić information content (AvgIpc) is 3.06. The zero-order valence-corrected chi connectivity index (χ0v) is 8.59. The van der Waals surface area contributed by atoms with Crippen LogP contribution < -0.4 is 5.32 Å². The van der Waals surface area contributed by atoms with Crippen LogP contribution in [0.4, 0.5) is 0 Å². The third-order valence-corrected chi connectivity index (χ3v) is 3.68. The lowest BCUT2D eigenvalue weighted by Crippen LogP contribution is -2.05. The number of amides is 1. The van der Waals surface area contributed by atoms with E-state index < -0.39 is 0 Å². The molecule has 0 aromatic carbocycles. The minimum Gasteiger partial charge on any atom is -0.272 e. The van der Waals surface area contributed by atoms with E-state index in [-0.39, 0.29) is 11.8 Å². The lowest BCUT2D eigenvalue weighted by atomic mass is 10.4. The molecular weight excluding hydrogens is 196 g/mol. The molecule has 2 aliphatic carbocycles. The molecule has 0 unspecified atom stereocenters. The van der Waals surface area contributed by atoms with Crippen LogP contribution in [0.15, 0.2) is 16.1 Å². The molecular formula is C10H11N2OS. The number of hydrogen-bond donors (Lipinski definition) is 0. The Labute approximate surface area is 87.0 Å². The second kappa shape index (κ2) is 3.12. The van der Waals surface area contributed by atoms with Gasteiger partial charge in [0.1, 0.15) is 0 Å². The summed E-state index contributed by atoms with van der Waals surface area (Å²) in [7, 11) is 0. The highest BCUT2D eigenvalue weighted by Gasteiger charge is 2.33. The molecule has 3 aliphatic rings. The summed E-state index contributed by atoms with van der Waals surface area (Å²) >= 11 is 1.58. The van der Waals surface area contributed by atoms with Crippen LogP contribution in [0.3, 0.4) is 0 Å². The fourth-order valence-corrected chi connectivity index (χ4v) is 2.36. The Morgan fingerprint density at radius 1 is 1.43 bits per heavy atom. The molecule has 14 heavy (non-hydrogen) atoms. The molecule has 0 aromatic heterocycles. The van der Waals surface area contributed by atoms with Crippen LogP contribution >= 0.6 is 11.8 Å². The molecule has 2 fully saturated rings. The fraction of sp³-hybridized carbons (Fsp3) is 0.600. The zero-order chi connectivity index (χ0) is 9.54. The van der Waals surface area contributed by atoms with Gasteiger partial charge in [0.25, 0.3) is 5.91 Å². The molecule has 1 aliphatic heterocycles. The lowest BCUT2D eigenvalue weighted by Gasteiger charge is -1.94. The Morgan fingerprint density at radius 3 is 2.86 bits per heavy atom. The van der Waals surface area contributed by atoms with Gasteiger partial charge in [0.05, 0.1) is 0 Å². The maximum absolute atomic E-state index is 11.4. The molecule has 0 spiro atoms. The Kier molecular flexibility index (Phi) is 1.90. The van der Waals surface area contributed by atoms with E-state index >= 15 is 0 Å². The van der Waals surface area contributed by atoms with Crippen molar-refractivity contribution >= 4 is 22.8 Å². The molecule has 2 saturated carbocycles. The summed E-state index contributed by atoms with van der Waals surface area (Å²) in [5, 5.41) is 4.81. The Hall–Kier alpha value is -0.770. The van der Waals surface area contributed by atoms with Gasteiger partial charge in [0, 0.05) is 17.0 Å². The largest absolute Gasteiger partial charge is 0.272 e. The summed E-state index contributed by atoms with van der Waals surface area (Å²) in [5.74, 6) is 0.956. The average molecular weight is 207 g/mol. The third kappa shape index (κ3) is 1.71. The topological polar surface area (TPSA) is 43.5 Å². The highest BCUT2D eigenvalue weighted by molar-refractivity contribution is 8.17. The van der Waals surface area contributed by atoms with Crippen LogP contribution in [0.1, 0.15) is 25.7 Å². The van der Waals surface area contributed by atoms with E-state index in [1.165, 1.54) is 17.7 Å². The monoisotopic (exact) mass is 207 g/mol. The van der Waals surface area contributed by atoms with Gasteiger partial charge in [-0.3, -0.25) is 4.79 Å². The van der Waals surface area contributed by atoms with E-state index in [2.05, 4.69) is 10.3 Å². The summed E-state index contributed by atoms with van der Waals surface area (Å²) in [5.41, 5.74) is 0. The first-order valence-corrected chi connectivity index (χ1v) is 5.86. The quantitative estimate of drug-likeness (QED) is 0.694. The van der Waals surface area contributed by atoms with Crippen LogP contribution in [-0.2, 0) is 4.79 Å². The zero-order valence-electron chi connectivity index (χ0n) is 7.77. The van der Waals surface area contributed by atoms with Gasteiger partial charge in [-0.1, -0.05) is 11.8 Å². The summed E-state index contributed by atoms with van der Waals surface area (Å²) < 4.78 is 0. The van der Waals surface area contributed by atoms with E-state index in [9.17, 15) is 4.79 Å². The molecule has 1 amide bonds. The Balaban J connectivity index is 1.62. The van der Waals surface area contributed by atoms with Crippen molar-refractivity contribution in [2.75, 3.05) is 0 Å². The minimum atomic E-state index is 0.0293. The molecule has 4 heteroatoms. The van der Waals surface area contributed by atoms with E-state index in [1.54, 1.807) is 11.8 Å². The smallest absolute Gasteiger partial charge is 0.251 e. The summed E-state index contributed by atoms with van der Waals surface area (Å²) in [6, 6.07) is 0. The van der Waals surface area contributed by atoms with E-state index in [0.717, 1.165) is 12.8 Å². The van der Waals surface area contributed by atoms with Gasteiger partial charge >= 0.3 is 0 Å². The maximum atomic E-state index is 11.4. The van der Waals surface area contributed by atoms with Gasteiger partial charge < -0.3 is 0 Å². The molecule has 73 valence electrons. The van der Waals surface area contributed by atoms with Gasteiger partial charge in [-0.2, -0.15) is 4.99 Å². The predicted octanol–water partition coefficient (Wildman–Crippen LogP) is 1.88. The number of carbonyl (C=O) groups excluding carboxylic acids is 1. The lowest BCUT2D eigenvalue weighted by molar-refractivity contribution is -0.118. The summed E-state index contributed by atoms with van der Waals surface area (Å²) in [6.45, 7) is 0. The number of carbonyl (C=O) groups is 1. The minimum absolute atomic E-state index is 0.0293. The van der Waals surface area contributed by atoms with Crippen molar-refractivity contribution in [2.45, 2.75) is 25.7 Å². The van der Waals surface area contributed by atoms with Crippen LogP contribution in [0.5, 0.6) is 0 Å². The maximum Gasteiger partial charge on any atom is 0.251 e. The number of aliphatic imine (C=N–C) groups is 1. The highest BCUT2D eigenvalue weighted by Crippen LogP contribution is 2.44. The molecule has 0 N–H and O–H groups in total. The molecule has 0 aromatic rings. The third-order valence-electron chi connectivity index (χ3n) is 2.62. The van der Waals surface area contributed by atoms with Crippen molar-refractivity contribution < 1.29 is 4.79 Å². The second-order valence-electron chi connectivity index (χ2n) is 4.04. The van der Waals surface area contributed by atoms with E-state index in [4.69, 9.17) is 0 Å². The number of allylic oxidation sites excluding steroid dienone is 1. The van der Waals surface area contributed by atoms with Crippen molar-refractivity contribution in [1.82, 2.24) is 5.32 Å². The first-order valence-electron chi connectivity index (χ1n) is 5.04. The van der Waals surface area contributed by atoms with Crippen LogP contribution in [0.25, 0.3) is 0 Å². The molecule has 0 bridgehead atoms. The van der Waals surface area contributed by atoms with Gasteiger partial charge in [-0.25, -0.2) is 5.32 Å². The molecule has 1 radical (unpaired) electrons. The normalized spacial score (nSPS) is 28.9. The highest BCUT2D eigenvalue weighted by atomic mass is 32.2. The van der Waals surface area contributed by atoms with Crippen molar-refractivity contribution in [3.05, 3.63) is 11.1 Å². The van der Waals surface area contributed by atoms with Crippen LogP contribution in [0, 0.1) is 11.8 Å². The first kappa shape index (κ1) is 8.53. The summed E-state index contributed by atoms with van der Waals surface area (Å²) in [6.07, 6.45) is 6.46. The first-order chi connectivity index (χ1) is 6.83. The van der Waals surface area contributed by atoms with E-state index in [1.807, 2.05) is 6.20 Å². The number of thioether (sulfide) groups is 1. The molecule has 3 rings (SSSR count). The van der Waals surface area contributed by atoms with Gasteiger partial charge in [0.15, 0.2) is 5.17 Å². The molecule has 0 atom stereocenters. The van der Waals surface area contributed by atoms with Gasteiger partial charge in [-0.15, -0.1) is 0 Å². The molecule has 0 saturated heterocycles. The van der Waals surface area contributed by atoms with Crippen LogP contribution in [0.2, 0.25) is 0 Å². The standard InChI is InChI=1S/C10H11N2OS/c13-9(7-3-4-7)12-10-11-5-8(14-10)6-1-2-6/h5-7H,1-4H2. The van der Waals surface area contributed by atoms with Crippen molar-refractivity contribution in [2.24, 2.45) is 16.8 Å². The van der Waals surface area contributed by atoms with E-state index in [0.29, 0.717) is 11.1 Å². The number of hydrogen-bond acceptors (Lipinski definition) is 2. The van der Waals surface area contributed by atoms with Crippen molar-refractivity contribution in [1.29, 1.82) is 0 Å². The van der Waals surface area contributed by atoms with Crippen molar-refractivity contribution in [3.63, 3.8) is 0 Å². The van der Waals surface area contributed by atoms with Crippen LogP contribution in [-0.4, -0.2) is 11.1 Å². The Morgan fingerprint density at radius 2 is 2.21 bits per heavy atom. The summed E-state index contributed by atoms with van der Waals surface area (Å²) in [4.78, 5) is 16.7. The SMILES string of the molecule is O=C(N=C1[N]C=C(C2CC2)S1)C1CC1. The fourth-order valence-electron chi connectivity index (χ4n) is 1.40. The van der Waals surface area contributed by atoms with Gasteiger partial charge in [-0.05, 0) is 31.6 Å².